The van der Waals surface area contributed by atoms with Crippen molar-refractivity contribution in [2.24, 2.45) is 0 Å². The number of anilines is 2. The number of halogens is 2. The van der Waals surface area contributed by atoms with E-state index in [-0.39, 0.29) is 18.2 Å². The summed E-state index contributed by atoms with van der Waals surface area (Å²) in [6, 6.07) is 26.1. The van der Waals surface area contributed by atoms with Crippen LogP contribution in [0.1, 0.15) is 24.0 Å². The Morgan fingerprint density at radius 3 is 2.62 bits per heavy atom. The fraction of sp³-hybridized carbons (Fsp3) is 0.222. The lowest BCUT2D eigenvalue weighted by Crippen LogP contribution is -2.33. The molecule has 1 aliphatic rings. The third kappa shape index (κ3) is 7.73. The van der Waals surface area contributed by atoms with Gasteiger partial charge in [-0.3, -0.25) is 0 Å². The fourth-order valence-electron chi connectivity index (χ4n) is 5.52. The Bertz CT molecular complexity index is 2000. The highest BCUT2D eigenvalue weighted by atomic mass is 35.5. The molecule has 6 rings (SSSR count). The van der Waals surface area contributed by atoms with E-state index in [1.807, 2.05) is 42.3 Å². The number of aromatic nitrogens is 2. The number of benzene rings is 4. The van der Waals surface area contributed by atoms with Gasteiger partial charge in [-0.25, -0.2) is 22.8 Å². The van der Waals surface area contributed by atoms with E-state index in [4.69, 9.17) is 21.1 Å². The van der Waals surface area contributed by atoms with Gasteiger partial charge in [-0.2, -0.15) is 0 Å². The van der Waals surface area contributed by atoms with Gasteiger partial charge in [0, 0.05) is 37.0 Å². The summed E-state index contributed by atoms with van der Waals surface area (Å²) >= 11 is 6.55. The molecule has 11 heteroatoms. The van der Waals surface area contributed by atoms with Crippen LogP contribution < -0.4 is 10.1 Å². The highest BCUT2D eigenvalue weighted by Gasteiger charge is 2.36. The van der Waals surface area contributed by atoms with Crippen LogP contribution in [0.25, 0.3) is 10.9 Å². The lowest BCUT2D eigenvalue weighted by Gasteiger charge is -2.31. The third-order valence-corrected chi connectivity index (χ3v) is 10.2. The van der Waals surface area contributed by atoms with E-state index < -0.39 is 15.4 Å². The van der Waals surface area contributed by atoms with Gasteiger partial charge in [0.05, 0.1) is 27.4 Å². The van der Waals surface area contributed by atoms with E-state index in [9.17, 15) is 12.8 Å². The highest BCUT2D eigenvalue weighted by molar-refractivity contribution is 7.91. The Morgan fingerprint density at radius 2 is 1.85 bits per heavy atom. The van der Waals surface area contributed by atoms with E-state index in [0.29, 0.717) is 58.7 Å². The molecule has 0 saturated heterocycles. The van der Waals surface area contributed by atoms with E-state index >= 15 is 0 Å². The number of sulfone groups is 1. The molecule has 4 aromatic carbocycles. The number of hydrogen-bond acceptors (Lipinski definition) is 8. The van der Waals surface area contributed by atoms with Gasteiger partial charge in [-0.05, 0) is 78.8 Å². The Labute approximate surface area is 278 Å². The average Bonchev–Trinajstić information content (AvgIpc) is 3.57. The first kappa shape index (κ1) is 32.4. The summed E-state index contributed by atoms with van der Waals surface area (Å²) in [6.07, 6.45) is 6.56. The average molecular weight is 673 g/mol. The quantitative estimate of drug-likeness (QED) is 0.136. The van der Waals surface area contributed by atoms with Gasteiger partial charge in [0.15, 0.2) is 9.84 Å². The van der Waals surface area contributed by atoms with Gasteiger partial charge in [-0.15, -0.1) is 0 Å². The Kier molecular flexibility index (Phi) is 9.72. The van der Waals surface area contributed by atoms with Crippen LogP contribution in [-0.2, 0) is 26.8 Å². The van der Waals surface area contributed by atoms with E-state index in [1.54, 1.807) is 60.9 Å². The molecule has 0 amide bonds. The van der Waals surface area contributed by atoms with Gasteiger partial charge in [0.1, 0.15) is 35.9 Å². The highest BCUT2D eigenvalue weighted by Crippen LogP contribution is 2.40. The Balaban J connectivity index is 1.15. The van der Waals surface area contributed by atoms with Crippen LogP contribution in [0.5, 0.6) is 5.75 Å². The number of ether oxygens (including phenoxy) is 2. The first-order chi connectivity index (χ1) is 22.7. The molecule has 0 radical (unpaired) electrons. The van der Waals surface area contributed by atoms with Crippen LogP contribution >= 0.6 is 11.6 Å². The van der Waals surface area contributed by atoms with Gasteiger partial charge in [0.2, 0.25) is 0 Å². The van der Waals surface area contributed by atoms with Gasteiger partial charge < -0.3 is 19.7 Å². The third-order valence-electron chi connectivity index (χ3n) is 8.22. The van der Waals surface area contributed by atoms with Crippen molar-refractivity contribution >= 4 is 43.8 Å². The van der Waals surface area contributed by atoms with Crippen LogP contribution in [-0.4, -0.2) is 49.2 Å². The van der Waals surface area contributed by atoms with E-state index in [0.717, 1.165) is 16.5 Å². The molecule has 0 spiro atoms. The predicted molar refractivity (Wildman–Crippen MR) is 182 cm³/mol. The largest absolute Gasteiger partial charge is 0.490 e. The van der Waals surface area contributed by atoms with Gasteiger partial charge in [-0.1, -0.05) is 48.0 Å². The van der Waals surface area contributed by atoms with Crippen LogP contribution in [0.4, 0.5) is 15.9 Å². The fourth-order valence-corrected chi connectivity index (χ4v) is 7.12. The molecule has 1 atom stereocenters. The summed E-state index contributed by atoms with van der Waals surface area (Å²) < 4.78 is 51.2. The summed E-state index contributed by atoms with van der Waals surface area (Å²) in [5.74, 6) is 0.794. The normalized spacial score (nSPS) is 16.0. The molecule has 0 aliphatic carbocycles. The number of fused-ring (bicyclic) bond motifs is 1. The number of nitrogens with zero attached hydrogens (tertiary/aromatic N) is 3. The van der Waals surface area contributed by atoms with Crippen molar-refractivity contribution in [3.63, 3.8) is 0 Å². The van der Waals surface area contributed by atoms with E-state index in [2.05, 4.69) is 15.3 Å². The summed E-state index contributed by atoms with van der Waals surface area (Å²) in [5.41, 5.74) is 2.53. The minimum Gasteiger partial charge on any atom is -0.490 e. The van der Waals surface area contributed by atoms with Crippen LogP contribution in [0.15, 0.2) is 115 Å². The maximum atomic E-state index is 13.5. The van der Waals surface area contributed by atoms with Crippen molar-refractivity contribution < 1.29 is 22.3 Å². The second kappa shape index (κ2) is 14.1. The Hall–Kier alpha value is -4.51. The zero-order valence-corrected chi connectivity index (χ0v) is 27.3. The van der Waals surface area contributed by atoms with Gasteiger partial charge >= 0.3 is 0 Å². The molecule has 47 heavy (non-hydrogen) atoms. The summed E-state index contributed by atoms with van der Waals surface area (Å²) in [4.78, 5) is 11.3. The van der Waals surface area contributed by atoms with Crippen molar-refractivity contribution in [2.75, 3.05) is 31.2 Å². The van der Waals surface area contributed by atoms with Crippen molar-refractivity contribution in [2.45, 2.75) is 29.9 Å². The monoisotopic (exact) mass is 672 g/mol. The molecule has 1 aromatic heterocycles. The molecule has 5 aromatic rings. The van der Waals surface area contributed by atoms with Crippen molar-refractivity contribution in [3.8, 4) is 5.75 Å². The van der Waals surface area contributed by atoms with Crippen molar-refractivity contribution in [1.82, 2.24) is 14.9 Å². The number of rotatable bonds is 13. The second-order valence-corrected chi connectivity index (χ2v) is 14.0. The second-order valence-electron chi connectivity index (χ2n) is 11.5. The minimum absolute atomic E-state index is 0.0338. The van der Waals surface area contributed by atoms with Crippen LogP contribution in [0.2, 0.25) is 5.02 Å². The molecule has 1 unspecified atom stereocenters. The van der Waals surface area contributed by atoms with Crippen LogP contribution in [0.3, 0.4) is 0 Å². The first-order valence-electron chi connectivity index (χ1n) is 15.2. The molecule has 0 saturated carbocycles. The zero-order chi connectivity index (χ0) is 32.9. The lowest BCUT2D eigenvalue weighted by atomic mass is 9.87. The summed E-state index contributed by atoms with van der Waals surface area (Å²) in [7, 11) is -1.44. The SMILES string of the molecule is CN(CCC1(c2ccc3ncnc(Nc4ccc(OCc5cccc(F)c5)c(Cl)c4)c3c2)CC=CO1)CCS(=O)(=O)c1ccccc1. The maximum Gasteiger partial charge on any atom is 0.179 e. The van der Waals surface area contributed by atoms with Gasteiger partial charge in [0.25, 0.3) is 0 Å². The molecular formula is C36H34ClFN4O4S. The molecular weight excluding hydrogens is 639 g/mol. The molecule has 8 nitrogen and oxygen atoms in total. The number of hydrogen-bond donors (Lipinski definition) is 1. The molecule has 0 fully saturated rings. The maximum absolute atomic E-state index is 13.5. The predicted octanol–water partition coefficient (Wildman–Crippen LogP) is 7.67. The topological polar surface area (TPSA) is 93.7 Å². The molecule has 0 bridgehead atoms. The molecule has 1 aliphatic heterocycles. The zero-order valence-electron chi connectivity index (χ0n) is 25.8. The lowest BCUT2D eigenvalue weighted by molar-refractivity contribution is 0.0248. The smallest absolute Gasteiger partial charge is 0.179 e. The molecule has 1 N–H and O–H groups in total. The first-order valence-corrected chi connectivity index (χ1v) is 17.2. The minimum atomic E-state index is -3.37. The summed E-state index contributed by atoms with van der Waals surface area (Å²) in [6.45, 7) is 1.22. The summed E-state index contributed by atoms with van der Waals surface area (Å²) in [5, 5.41) is 4.57. The van der Waals surface area contributed by atoms with Crippen LogP contribution in [0, 0.1) is 5.82 Å². The Morgan fingerprint density at radius 1 is 1.00 bits per heavy atom. The standard InChI is InChI=1S/C36H34ClFN4O4S/c1-42(18-20-47(43,44)30-9-3-2-4-10-30)17-16-36(15-6-19-46-36)27-11-13-33-31(22-27)35(40-25-39-33)41-29-12-14-34(32(37)23-29)45-24-26-7-5-8-28(38)21-26/h2-14,19,21-23,25H,15-18,20,24H2,1H3,(H,39,40,41). The molecule has 2 heterocycles. The van der Waals surface area contributed by atoms with Crippen molar-refractivity contribution in [1.29, 1.82) is 0 Å². The molecule has 242 valence electrons. The number of nitrogens with one attached hydrogen (secondary N) is 1. The van der Waals surface area contributed by atoms with E-state index in [1.165, 1.54) is 18.5 Å². The van der Waals surface area contributed by atoms with Crippen molar-refractivity contribution in [3.05, 3.63) is 132 Å².